The summed E-state index contributed by atoms with van der Waals surface area (Å²) >= 11 is 1.68. The lowest BCUT2D eigenvalue weighted by molar-refractivity contribution is 0.586. The molecule has 6 heteroatoms. The van der Waals surface area contributed by atoms with Crippen LogP contribution in [0, 0.1) is 5.92 Å². The van der Waals surface area contributed by atoms with Gasteiger partial charge >= 0.3 is 0 Å². The van der Waals surface area contributed by atoms with Gasteiger partial charge in [0.15, 0.2) is 0 Å². The second-order valence-corrected chi connectivity index (χ2v) is 6.56. The third-order valence-electron chi connectivity index (χ3n) is 4.11. The number of hydrogen-bond acceptors (Lipinski definition) is 5. The van der Waals surface area contributed by atoms with Crippen molar-refractivity contribution in [2.45, 2.75) is 12.8 Å². The lowest BCUT2D eigenvalue weighted by atomic mass is 10.0. The molecule has 1 unspecified atom stereocenters. The summed E-state index contributed by atoms with van der Waals surface area (Å²) in [6, 6.07) is 2.13. The molecule has 108 valence electrons. The molecule has 5 nitrogen and oxygen atoms in total. The molecule has 3 aromatic heterocycles. The molecule has 1 atom stereocenters. The molecule has 0 N–H and O–H groups in total. The lowest BCUT2D eigenvalue weighted by Crippen LogP contribution is -2.21. The molecule has 1 saturated heterocycles. The first kappa shape index (κ1) is 12.8. The van der Waals surface area contributed by atoms with Gasteiger partial charge in [0.25, 0.3) is 0 Å². The smallest absolute Gasteiger partial charge is 0.140 e. The maximum absolute atomic E-state index is 4.51. The molecule has 0 aliphatic carbocycles. The van der Waals surface area contributed by atoms with Gasteiger partial charge in [0.1, 0.15) is 17.0 Å². The van der Waals surface area contributed by atoms with E-state index in [-0.39, 0.29) is 0 Å². The van der Waals surface area contributed by atoms with Crippen LogP contribution < -0.4 is 4.90 Å². The Balaban J connectivity index is 1.52. The van der Waals surface area contributed by atoms with Crippen molar-refractivity contribution in [1.82, 2.24) is 19.7 Å². The molecule has 0 saturated carbocycles. The highest BCUT2D eigenvalue weighted by molar-refractivity contribution is 7.16. The number of rotatable bonds is 3. The van der Waals surface area contributed by atoms with Gasteiger partial charge in [0.2, 0.25) is 0 Å². The highest BCUT2D eigenvalue weighted by Gasteiger charge is 2.25. The number of nitrogens with zero attached hydrogens (tertiary/aromatic N) is 5. The molecule has 0 radical (unpaired) electrons. The van der Waals surface area contributed by atoms with E-state index in [1.165, 1.54) is 17.4 Å². The second kappa shape index (κ2) is 5.11. The second-order valence-electron chi connectivity index (χ2n) is 5.66. The Morgan fingerprint density at radius 1 is 1.38 bits per heavy atom. The zero-order valence-corrected chi connectivity index (χ0v) is 12.8. The van der Waals surface area contributed by atoms with Gasteiger partial charge in [-0.15, -0.1) is 11.3 Å². The van der Waals surface area contributed by atoms with Crippen LogP contribution in [-0.2, 0) is 13.5 Å². The number of hydrogen-bond donors (Lipinski definition) is 0. The van der Waals surface area contributed by atoms with Gasteiger partial charge in [-0.1, -0.05) is 0 Å². The van der Waals surface area contributed by atoms with Crippen molar-refractivity contribution in [2.24, 2.45) is 13.0 Å². The van der Waals surface area contributed by atoms with Crippen LogP contribution in [0.1, 0.15) is 12.0 Å². The van der Waals surface area contributed by atoms with Crippen molar-refractivity contribution in [1.29, 1.82) is 0 Å². The zero-order valence-electron chi connectivity index (χ0n) is 11.9. The van der Waals surface area contributed by atoms with E-state index in [0.717, 1.165) is 30.2 Å². The minimum absolute atomic E-state index is 0.679. The first-order chi connectivity index (χ1) is 10.3. The summed E-state index contributed by atoms with van der Waals surface area (Å²) in [6.45, 7) is 2.14. The maximum Gasteiger partial charge on any atom is 0.140 e. The summed E-state index contributed by atoms with van der Waals surface area (Å²) in [4.78, 5) is 12.3. The van der Waals surface area contributed by atoms with Crippen LogP contribution in [0.3, 0.4) is 0 Å². The van der Waals surface area contributed by atoms with E-state index < -0.39 is 0 Å². The predicted molar refractivity (Wildman–Crippen MR) is 84.6 cm³/mol. The van der Waals surface area contributed by atoms with Crippen LogP contribution >= 0.6 is 11.3 Å². The minimum Gasteiger partial charge on any atom is -0.356 e. The Kier molecular flexibility index (Phi) is 3.11. The average molecular weight is 299 g/mol. The third-order valence-corrected chi connectivity index (χ3v) is 4.93. The Morgan fingerprint density at radius 3 is 3.19 bits per heavy atom. The molecule has 0 bridgehead atoms. The van der Waals surface area contributed by atoms with Crippen LogP contribution in [0.25, 0.3) is 10.2 Å². The van der Waals surface area contributed by atoms with Crippen LogP contribution in [-0.4, -0.2) is 32.8 Å². The highest BCUT2D eigenvalue weighted by atomic mass is 32.1. The van der Waals surface area contributed by atoms with E-state index in [1.54, 1.807) is 17.7 Å². The van der Waals surface area contributed by atoms with Gasteiger partial charge in [0.05, 0.1) is 11.6 Å². The quantitative estimate of drug-likeness (QED) is 0.745. The van der Waals surface area contributed by atoms with Gasteiger partial charge in [-0.2, -0.15) is 5.10 Å². The molecular formula is C15H17N5S. The fourth-order valence-electron chi connectivity index (χ4n) is 3.13. The van der Waals surface area contributed by atoms with Crippen molar-refractivity contribution in [3.63, 3.8) is 0 Å². The standard InChI is InChI=1S/C15H17N5S/c1-19-8-12(7-18-19)6-11-2-4-20(9-11)14-13-3-5-21-15(13)17-10-16-14/h3,5,7-8,10-11H,2,4,6,9H2,1H3. The van der Waals surface area contributed by atoms with Gasteiger partial charge in [-0.3, -0.25) is 4.68 Å². The summed E-state index contributed by atoms with van der Waals surface area (Å²) in [5, 5.41) is 7.53. The van der Waals surface area contributed by atoms with Crippen molar-refractivity contribution in [3.8, 4) is 0 Å². The van der Waals surface area contributed by atoms with E-state index in [9.17, 15) is 0 Å². The topological polar surface area (TPSA) is 46.8 Å². The fourth-order valence-corrected chi connectivity index (χ4v) is 3.86. The van der Waals surface area contributed by atoms with Crippen LogP contribution in [0.15, 0.2) is 30.2 Å². The molecule has 21 heavy (non-hydrogen) atoms. The molecular weight excluding hydrogens is 282 g/mol. The van der Waals surface area contributed by atoms with Crippen LogP contribution in [0.5, 0.6) is 0 Å². The first-order valence-corrected chi connectivity index (χ1v) is 8.08. The Hall–Kier alpha value is -1.95. The number of anilines is 1. The van der Waals surface area contributed by atoms with Crippen molar-refractivity contribution in [3.05, 3.63) is 35.7 Å². The van der Waals surface area contributed by atoms with E-state index in [1.807, 2.05) is 17.9 Å². The van der Waals surface area contributed by atoms with E-state index in [4.69, 9.17) is 0 Å². The van der Waals surface area contributed by atoms with Gasteiger partial charge in [-0.25, -0.2) is 9.97 Å². The van der Waals surface area contributed by atoms with Gasteiger partial charge < -0.3 is 4.90 Å². The molecule has 0 amide bonds. The third kappa shape index (κ3) is 2.40. The van der Waals surface area contributed by atoms with E-state index in [0.29, 0.717) is 5.92 Å². The summed E-state index contributed by atoms with van der Waals surface area (Å²) in [7, 11) is 1.97. The Morgan fingerprint density at radius 2 is 2.33 bits per heavy atom. The average Bonchev–Trinajstić information content (AvgIpc) is 3.19. The first-order valence-electron chi connectivity index (χ1n) is 7.20. The Bertz CT molecular complexity index is 762. The van der Waals surface area contributed by atoms with Crippen molar-refractivity contribution >= 4 is 27.4 Å². The molecule has 1 fully saturated rings. The number of aryl methyl sites for hydroxylation is 1. The van der Waals surface area contributed by atoms with Crippen LogP contribution in [0.2, 0.25) is 0 Å². The summed E-state index contributed by atoms with van der Waals surface area (Å²) in [6.07, 6.45) is 8.09. The molecule has 0 spiro atoms. The zero-order chi connectivity index (χ0) is 14.2. The molecule has 0 aromatic carbocycles. The van der Waals surface area contributed by atoms with Crippen molar-refractivity contribution < 1.29 is 0 Å². The lowest BCUT2D eigenvalue weighted by Gasteiger charge is -2.18. The largest absolute Gasteiger partial charge is 0.356 e. The number of aromatic nitrogens is 4. The highest BCUT2D eigenvalue weighted by Crippen LogP contribution is 2.31. The van der Waals surface area contributed by atoms with Crippen molar-refractivity contribution in [2.75, 3.05) is 18.0 Å². The van der Waals surface area contributed by atoms with Crippen LogP contribution in [0.4, 0.5) is 5.82 Å². The fraction of sp³-hybridized carbons (Fsp3) is 0.400. The van der Waals surface area contributed by atoms with E-state index in [2.05, 4.69) is 37.6 Å². The number of fused-ring (bicyclic) bond motifs is 1. The SMILES string of the molecule is Cn1cc(CC2CCN(c3ncnc4sccc34)C2)cn1. The maximum atomic E-state index is 4.51. The molecule has 1 aliphatic heterocycles. The molecule has 3 aromatic rings. The molecule has 4 heterocycles. The predicted octanol–water partition coefficient (Wildman–Crippen LogP) is 2.49. The Labute approximate surface area is 127 Å². The normalized spacial score (nSPS) is 18.7. The van der Waals surface area contributed by atoms with E-state index >= 15 is 0 Å². The summed E-state index contributed by atoms with van der Waals surface area (Å²) in [5.41, 5.74) is 1.33. The number of thiophene rings is 1. The monoisotopic (exact) mass is 299 g/mol. The molecule has 4 rings (SSSR count). The summed E-state index contributed by atoms with van der Waals surface area (Å²) < 4.78 is 1.88. The molecule has 1 aliphatic rings. The summed E-state index contributed by atoms with van der Waals surface area (Å²) in [5.74, 6) is 1.77. The minimum atomic E-state index is 0.679. The van der Waals surface area contributed by atoms with Gasteiger partial charge in [-0.05, 0) is 35.8 Å². The van der Waals surface area contributed by atoms with Gasteiger partial charge in [0, 0.05) is 26.3 Å².